The predicted octanol–water partition coefficient (Wildman–Crippen LogP) is 0.379. The maximum Gasteiger partial charge on any atom is 0.359 e. The Balaban J connectivity index is 3.31. The molecule has 0 aliphatic heterocycles. The summed E-state index contributed by atoms with van der Waals surface area (Å²) in [6.45, 7) is 1.34. The van der Waals surface area contributed by atoms with Crippen molar-refractivity contribution in [3.63, 3.8) is 0 Å². The van der Waals surface area contributed by atoms with Crippen LogP contribution in [0.2, 0.25) is 0 Å². The van der Waals surface area contributed by atoms with E-state index in [4.69, 9.17) is 10.2 Å². The van der Waals surface area contributed by atoms with Crippen molar-refractivity contribution in [2.45, 2.75) is 6.92 Å². The van der Waals surface area contributed by atoms with E-state index < -0.39 is 23.2 Å². The van der Waals surface area contributed by atoms with Crippen LogP contribution in [0.4, 0.5) is 0 Å². The molecule has 0 bridgehead atoms. The van der Waals surface area contributed by atoms with E-state index in [0.717, 1.165) is 0 Å². The van der Waals surface area contributed by atoms with E-state index in [9.17, 15) is 9.59 Å². The smallest absolute Gasteiger partial charge is 0.359 e. The summed E-state index contributed by atoms with van der Waals surface area (Å²) in [5.74, 6) is -2.78. The number of carboxylic acids is 2. The lowest BCUT2D eigenvalue weighted by atomic mass is 10.2. The Hall–Kier alpha value is -1.85. The minimum atomic E-state index is -1.41. The topological polar surface area (TPSA) is 101 Å². The molecule has 0 atom stereocenters. The summed E-state index contributed by atoms with van der Waals surface area (Å²) in [6.07, 6.45) is 0. The van der Waals surface area contributed by atoms with E-state index in [1.165, 1.54) is 6.92 Å². The van der Waals surface area contributed by atoms with Gasteiger partial charge in [-0.05, 0) is 6.92 Å². The molecule has 12 heavy (non-hydrogen) atoms. The van der Waals surface area contributed by atoms with Gasteiger partial charge in [0.05, 0.1) is 0 Å². The molecule has 0 unspecified atom stereocenters. The van der Waals surface area contributed by atoms with Crippen LogP contribution in [-0.2, 0) is 0 Å². The second-order valence-electron chi connectivity index (χ2n) is 2.07. The van der Waals surface area contributed by atoms with Crippen LogP contribution in [0.25, 0.3) is 0 Å². The van der Waals surface area contributed by atoms with Gasteiger partial charge in [0.1, 0.15) is 11.3 Å². The number of carbonyl (C=O) groups is 2. The Morgan fingerprint density at radius 3 is 2.25 bits per heavy atom. The largest absolute Gasteiger partial charge is 0.477 e. The van der Waals surface area contributed by atoms with Gasteiger partial charge in [0, 0.05) is 0 Å². The fourth-order valence-electron chi connectivity index (χ4n) is 0.770. The lowest BCUT2D eigenvalue weighted by Crippen LogP contribution is -2.07. The van der Waals surface area contributed by atoms with Crippen LogP contribution in [-0.4, -0.2) is 27.3 Å². The molecule has 1 aromatic heterocycles. The van der Waals surface area contributed by atoms with Crippen LogP contribution < -0.4 is 0 Å². The highest BCUT2D eigenvalue weighted by Crippen LogP contribution is 2.12. The van der Waals surface area contributed by atoms with E-state index in [1.807, 2.05) is 0 Å². The third kappa shape index (κ3) is 1.14. The molecular formula is C6H5NO5. The van der Waals surface area contributed by atoms with Crippen LogP contribution >= 0.6 is 0 Å². The summed E-state index contributed by atoms with van der Waals surface area (Å²) in [7, 11) is 0. The molecule has 1 rings (SSSR count). The van der Waals surface area contributed by atoms with E-state index in [2.05, 4.69) is 9.68 Å². The Morgan fingerprint density at radius 1 is 1.33 bits per heavy atom. The Labute approximate surface area is 66.4 Å². The SMILES string of the molecule is Cc1onc(C(=O)O)c1C(=O)O. The fraction of sp³-hybridized carbons (Fsp3) is 0.167. The van der Waals surface area contributed by atoms with Crippen molar-refractivity contribution in [2.75, 3.05) is 0 Å². The van der Waals surface area contributed by atoms with Gasteiger partial charge in [-0.1, -0.05) is 5.16 Å². The van der Waals surface area contributed by atoms with Crippen LogP contribution in [0, 0.1) is 6.92 Å². The van der Waals surface area contributed by atoms with Gasteiger partial charge in [0.25, 0.3) is 0 Å². The second-order valence-corrected chi connectivity index (χ2v) is 2.07. The zero-order chi connectivity index (χ0) is 9.30. The first-order valence-electron chi connectivity index (χ1n) is 2.97. The molecule has 1 aromatic rings. The van der Waals surface area contributed by atoms with Gasteiger partial charge in [-0.2, -0.15) is 0 Å². The Morgan fingerprint density at radius 2 is 1.92 bits per heavy atom. The van der Waals surface area contributed by atoms with Crippen LogP contribution in [0.1, 0.15) is 26.6 Å². The third-order valence-corrected chi connectivity index (χ3v) is 1.28. The van der Waals surface area contributed by atoms with Crippen molar-refractivity contribution in [1.29, 1.82) is 0 Å². The summed E-state index contributed by atoms with van der Waals surface area (Å²) in [5.41, 5.74) is -0.970. The first-order valence-corrected chi connectivity index (χ1v) is 2.97. The van der Waals surface area contributed by atoms with Gasteiger partial charge >= 0.3 is 11.9 Å². The maximum absolute atomic E-state index is 10.4. The predicted molar refractivity (Wildman–Crippen MR) is 35.2 cm³/mol. The third-order valence-electron chi connectivity index (χ3n) is 1.28. The van der Waals surface area contributed by atoms with Crippen LogP contribution in [0.5, 0.6) is 0 Å². The van der Waals surface area contributed by atoms with Crippen LogP contribution in [0.3, 0.4) is 0 Å². The normalized spacial score (nSPS) is 9.75. The molecule has 0 aliphatic rings. The standard InChI is InChI=1S/C6H5NO5/c1-2-3(5(8)9)4(6(10)11)7-12-2/h1H3,(H,8,9)(H,10,11). The summed E-state index contributed by atoms with van der Waals surface area (Å²) >= 11 is 0. The number of carboxylic acid groups (broad SMARTS) is 2. The lowest BCUT2D eigenvalue weighted by molar-refractivity contribution is 0.0647. The quantitative estimate of drug-likeness (QED) is 0.666. The number of hydrogen-bond acceptors (Lipinski definition) is 4. The number of aryl methyl sites for hydroxylation is 1. The highest BCUT2D eigenvalue weighted by atomic mass is 16.5. The van der Waals surface area contributed by atoms with Gasteiger partial charge in [0.15, 0.2) is 0 Å². The molecule has 0 aliphatic carbocycles. The van der Waals surface area contributed by atoms with Crippen LogP contribution in [0.15, 0.2) is 4.52 Å². The van der Waals surface area contributed by atoms with E-state index in [0.29, 0.717) is 0 Å². The highest BCUT2D eigenvalue weighted by Gasteiger charge is 2.24. The summed E-state index contributed by atoms with van der Waals surface area (Å²) in [5, 5.41) is 20.0. The number of nitrogens with zero attached hydrogens (tertiary/aromatic N) is 1. The highest BCUT2D eigenvalue weighted by molar-refractivity contribution is 6.00. The molecule has 64 valence electrons. The lowest BCUT2D eigenvalue weighted by Gasteiger charge is -1.88. The fourth-order valence-corrected chi connectivity index (χ4v) is 0.770. The summed E-state index contributed by atoms with van der Waals surface area (Å²) < 4.78 is 4.41. The molecule has 0 saturated carbocycles. The van der Waals surface area contributed by atoms with E-state index in [-0.39, 0.29) is 5.76 Å². The van der Waals surface area contributed by atoms with Gasteiger partial charge in [-0.15, -0.1) is 0 Å². The van der Waals surface area contributed by atoms with Crippen molar-refractivity contribution in [3.8, 4) is 0 Å². The Bertz CT molecular complexity index is 340. The van der Waals surface area contributed by atoms with Gasteiger partial charge < -0.3 is 14.7 Å². The Kier molecular flexibility index (Phi) is 1.82. The van der Waals surface area contributed by atoms with Crippen molar-refractivity contribution < 1.29 is 24.3 Å². The molecule has 2 N–H and O–H groups in total. The molecular weight excluding hydrogens is 166 g/mol. The first-order chi connectivity index (χ1) is 5.54. The monoisotopic (exact) mass is 171 g/mol. The summed E-state index contributed by atoms with van der Waals surface area (Å²) in [4.78, 5) is 20.8. The average Bonchev–Trinajstić information content (AvgIpc) is 2.30. The van der Waals surface area contributed by atoms with E-state index in [1.54, 1.807) is 0 Å². The zero-order valence-electron chi connectivity index (χ0n) is 6.07. The summed E-state index contributed by atoms with van der Waals surface area (Å²) in [6, 6.07) is 0. The van der Waals surface area contributed by atoms with Crippen molar-refractivity contribution >= 4 is 11.9 Å². The van der Waals surface area contributed by atoms with Gasteiger partial charge in [-0.3, -0.25) is 0 Å². The number of aromatic nitrogens is 1. The molecule has 0 aromatic carbocycles. The van der Waals surface area contributed by atoms with Gasteiger partial charge in [-0.25, -0.2) is 9.59 Å². The van der Waals surface area contributed by atoms with E-state index >= 15 is 0 Å². The molecule has 0 saturated heterocycles. The van der Waals surface area contributed by atoms with Crippen molar-refractivity contribution in [2.24, 2.45) is 0 Å². The molecule has 6 nitrogen and oxygen atoms in total. The molecule has 0 spiro atoms. The van der Waals surface area contributed by atoms with Gasteiger partial charge in [0.2, 0.25) is 5.69 Å². The molecule has 6 heteroatoms. The average molecular weight is 171 g/mol. The van der Waals surface area contributed by atoms with Crippen molar-refractivity contribution in [3.05, 3.63) is 17.0 Å². The molecule has 0 radical (unpaired) electrons. The van der Waals surface area contributed by atoms with Crippen molar-refractivity contribution in [1.82, 2.24) is 5.16 Å². The molecule has 1 heterocycles. The minimum absolute atomic E-state index is 0.0140. The zero-order valence-corrected chi connectivity index (χ0v) is 6.07. The first kappa shape index (κ1) is 8.25. The number of hydrogen-bond donors (Lipinski definition) is 2. The minimum Gasteiger partial charge on any atom is -0.477 e. The molecule has 0 fully saturated rings. The second kappa shape index (κ2) is 2.65. The molecule has 0 amide bonds. The maximum atomic E-state index is 10.4. The number of rotatable bonds is 2. The number of aromatic carboxylic acids is 2.